The second-order valence-corrected chi connectivity index (χ2v) is 13.6. The molecule has 4 nitrogen and oxygen atoms in total. The zero-order valence-corrected chi connectivity index (χ0v) is 20.2. The third kappa shape index (κ3) is 6.64. The standard InChI is InChI=1S/C22H21O4S.CH3.Po/c23-27(24,25)16-5-4-7-18-8-6-11-22(17-18)26-21-14-12-20(13-15-21)19-9-2-1-3-10-19;;/h1-3,6,8-17H,4-5,7H2,(H,23,24,25);1H3;. The summed E-state index contributed by atoms with van der Waals surface area (Å²) in [5, 5.41) is 0. The molecule has 0 radical (unpaired) electrons. The molecule has 1 atom stereocenters. The van der Waals surface area contributed by atoms with Gasteiger partial charge in [0.2, 0.25) is 0 Å². The van der Waals surface area contributed by atoms with Crippen LogP contribution in [0.25, 0.3) is 11.1 Å². The number of hydrogen-bond donors (Lipinski definition) is 1. The van der Waals surface area contributed by atoms with E-state index in [1.807, 2.05) is 71.3 Å². The van der Waals surface area contributed by atoms with Gasteiger partial charge in [-0.1, -0.05) is 30.3 Å². The molecule has 0 amide bonds. The van der Waals surface area contributed by atoms with Gasteiger partial charge in [0.25, 0.3) is 0 Å². The quantitative estimate of drug-likeness (QED) is 0.331. The second kappa shape index (κ2) is 10.3. The monoisotopic (exact) mass is 605 g/mol. The van der Waals surface area contributed by atoms with Gasteiger partial charge in [-0.25, -0.2) is 0 Å². The number of ether oxygens (including phenoxy) is 1. The molecule has 0 spiro atoms. The molecule has 6 heteroatoms. The van der Waals surface area contributed by atoms with Gasteiger partial charge in [-0.05, 0) is 5.56 Å². The molecule has 0 aromatic heterocycles. The van der Waals surface area contributed by atoms with Gasteiger partial charge in [0.15, 0.2) is 0 Å². The summed E-state index contributed by atoms with van der Waals surface area (Å²) in [5.74, 6) is 1.53. The van der Waals surface area contributed by atoms with E-state index >= 15 is 0 Å². The summed E-state index contributed by atoms with van der Waals surface area (Å²) >= 11 is -1.05. The summed E-state index contributed by atoms with van der Waals surface area (Å²) in [4.78, 5) is 0. The summed E-state index contributed by atoms with van der Waals surface area (Å²) in [5.41, 5.74) is 3.40. The van der Waals surface area contributed by atoms with E-state index in [1.165, 1.54) is 5.56 Å². The Kier molecular flexibility index (Phi) is 7.83. The SMILES string of the molecule is [CH3][Po][CH](CCCc1cccc(Oc2ccc(-c3ccccc3)cc2)c1)S(=O)(=O)O. The van der Waals surface area contributed by atoms with Crippen LogP contribution < -0.4 is 4.74 Å². The number of aryl methyl sites for hydroxylation is 1. The molecular formula is C23H24O4PoS. The fourth-order valence-corrected chi connectivity index (χ4v) is 8.22. The molecule has 1 N–H and O–H groups in total. The first-order valence-corrected chi connectivity index (χ1v) is 15.9. The van der Waals surface area contributed by atoms with Crippen LogP contribution in [0.1, 0.15) is 18.4 Å². The van der Waals surface area contributed by atoms with E-state index in [2.05, 4.69) is 12.1 Å². The molecule has 3 aromatic rings. The van der Waals surface area contributed by atoms with Gasteiger partial charge in [0.05, 0.1) is 0 Å². The molecule has 0 saturated heterocycles. The van der Waals surface area contributed by atoms with Crippen LogP contribution >= 0.6 is 0 Å². The van der Waals surface area contributed by atoms with Gasteiger partial charge in [-0.2, -0.15) is 0 Å². The Labute approximate surface area is 184 Å². The number of benzene rings is 3. The average molecular weight is 606 g/mol. The summed E-state index contributed by atoms with van der Waals surface area (Å²) in [6, 6.07) is 26.0. The molecular weight excluding hydrogens is 581 g/mol. The first-order valence-electron chi connectivity index (χ1n) is 9.37. The van der Waals surface area contributed by atoms with Gasteiger partial charge < -0.3 is 0 Å². The summed E-state index contributed by atoms with van der Waals surface area (Å²) < 4.78 is 39.4. The normalized spacial score (nSPS) is 12.5. The van der Waals surface area contributed by atoms with Crippen molar-refractivity contribution >= 4 is 33.7 Å². The van der Waals surface area contributed by atoms with Crippen LogP contribution in [0.3, 0.4) is 0 Å². The predicted molar refractivity (Wildman–Crippen MR) is 118 cm³/mol. The Morgan fingerprint density at radius 2 is 1.59 bits per heavy atom. The third-order valence-corrected chi connectivity index (χ3v) is 13.0. The molecule has 0 aliphatic rings. The Balaban J connectivity index is 1.60. The number of rotatable bonds is 9. The third-order valence-electron chi connectivity index (χ3n) is 4.60. The fraction of sp³-hybridized carbons (Fsp3) is 0.217. The van der Waals surface area contributed by atoms with Crippen molar-refractivity contribution in [3.8, 4) is 22.6 Å². The molecule has 152 valence electrons. The van der Waals surface area contributed by atoms with Crippen LogP contribution in [0.4, 0.5) is 0 Å². The second-order valence-electron chi connectivity index (χ2n) is 6.71. The van der Waals surface area contributed by atoms with Crippen LogP contribution in [0.2, 0.25) is 4.58 Å². The molecule has 0 bridgehead atoms. The van der Waals surface area contributed by atoms with E-state index < -0.39 is 36.6 Å². The molecule has 0 saturated carbocycles. The number of hydrogen-bond acceptors (Lipinski definition) is 3. The molecule has 29 heavy (non-hydrogen) atoms. The van der Waals surface area contributed by atoms with E-state index in [1.54, 1.807) is 0 Å². The van der Waals surface area contributed by atoms with E-state index in [0.29, 0.717) is 6.42 Å². The first-order chi connectivity index (χ1) is 14.0. The Hall–Kier alpha value is -1.73. The maximum atomic E-state index is 11.4. The van der Waals surface area contributed by atoms with Gasteiger partial charge in [0, 0.05) is 0 Å². The summed E-state index contributed by atoms with van der Waals surface area (Å²) in [6.07, 6.45) is 2.01. The van der Waals surface area contributed by atoms with Crippen molar-refractivity contribution in [2.75, 3.05) is 0 Å². The van der Waals surface area contributed by atoms with Crippen molar-refractivity contribution in [3.05, 3.63) is 84.4 Å². The van der Waals surface area contributed by atoms with E-state index in [4.69, 9.17) is 4.74 Å². The molecule has 0 fully saturated rings. The topological polar surface area (TPSA) is 63.6 Å². The van der Waals surface area contributed by atoms with E-state index in [-0.39, 0.29) is 0 Å². The Bertz CT molecular complexity index is 1020. The van der Waals surface area contributed by atoms with Gasteiger partial charge in [-0.3, -0.25) is 0 Å². The van der Waals surface area contributed by atoms with Crippen LogP contribution in [0, 0.1) is 0 Å². The maximum absolute atomic E-state index is 11.4. The van der Waals surface area contributed by atoms with Crippen molar-refractivity contribution in [1.82, 2.24) is 0 Å². The van der Waals surface area contributed by atoms with Crippen molar-refractivity contribution in [2.45, 2.75) is 26.8 Å². The Morgan fingerprint density at radius 3 is 2.24 bits per heavy atom. The van der Waals surface area contributed by atoms with E-state index in [9.17, 15) is 13.0 Å². The van der Waals surface area contributed by atoms with Gasteiger partial charge in [0.1, 0.15) is 0 Å². The zero-order chi connectivity index (χ0) is 20.7. The van der Waals surface area contributed by atoms with Crippen molar-refractivity contribution < 1.29 is 17.7 Å². The van der Waals surface area contributed by atoms with Crippen molar-refractivity contribution in [2.24, 2.45) is 0 Å². The summed E-state index contributed by atoms with van der Waals surface area (Å²) in [7, 11) is -3.89. The van der Waals surface area contributed by atoms with Crippen molar-refractivity contribution in [3.63, 3.8) is 0 Å². The van der Waals surface area contributed by atoms with Crippen LogP contribution in [0.15, 0.2) is 78.9 Å². The van der Waals surface area contributed by atoms with Crippen LogP contribution in [0.5, 0.6) is 11.5 Å². The zero-order valence-electron chi connectivity index (χ0n) is 16.2. The first kappa shape index (κ1) is 22.0. The van der Waals surface area contributed by atoms with Crippen LogP contribution in [-0.2, 0) is 16.5 Å². The molecule has 0 heterocycles. The minimum atomic E-state index is -3.89. The predicted octanol–water partition coefficient (Wildman–Crippen LogP) is 5.43. The molecule has 0 aliphatic carbocycles. The Morgan fingerprint density at radius 1 is 0.897 bits per heavy atom. The van der Waals surface area contributed by atoms with Gasteiger partial charge >= 0.3 is 149 Å². The van der Waals surface area contributed by atoms with Crippen LogP contribution in [-0.4, -0.2) is 39.4 Å². The minimum absolute atomic E-state index is 0.520. The summed E-state index contributed by atoms with van der Waals surface area (Å²) in [6.45, 7) is 0. The molecule has 1 unspecified atom stereocenters. The average Bonchev–Trinajstić information content (AvgIpc) is 2.72. The van der Waals surface area contributed by atoms with Gasteiger partial charge in [-0.15, -0.1) is 0 Å². The fourth-order valence-electron chi connectivity index (χ4n) is 3.11. The van der Waals surface area contributed by atoms with Crippen molar-refractivity contribution in [1.29, 1.82) is 0 Å². The molecule has 0 aliphatic heterocycles. The molecule has 3 aromatic carbocycles. The molecule has 3 rings (SSSR count). The van der Waals surface area contributed by atoms with E-state index in [0.717, 1.165) is 35.5 Å².